The summed E-state index contributed by atoms with van der Waals surface area (Å²) in [5, 5.41) is 4.77. The number of aryl methyl sites for hydroxylation is 1. The fraction of sp³-hybridized carbons (Fsp3) is 0.0588. The van der Waals surface area contributed by atoms with Crippen molar-refractivity contribution in [2.45, 2.75) is 6.92 Å². The molecule has 2 aromatic carbocycles. The zero-order valence-corrected chi connectivity index (χ0v) is 14.9. The molecule has 22 heavy (non-hydrogen) atoms. The summed E-state index contributed by atoms with van der Waals surface area (Å²) < 4.78 is 1.89. The predicted octanol–water partition coefficient (Wildman–Crippen LogP) is 5.32. The third kappa shape index (κ3) is 2.91. The first-order valence-corrected chi connectivity index (χ1v) is 8.26. The van der Waals surface area contributed by atoms with Crippen molar-refractivity contribution in [3.63, 3.8) is 0 Å². The van der Waals surface area contributed by atoms with Crippen LogP contribution >= 0.6 is 31.9 Å². The first kappa shape index (κ1) is 15.2. The number of pyridine rings is 1. The number of anilines is 1. The van der Waals surface area contributed by atoms with Gasteiger partial charge in [0.25, 0.3) is 5.91 Å². The molecule has 1 N–H and O–H groups in total. The van der Waals surface area contributed by atoms with Gasteiger partial charge >= 0.3 is 0 Å². The van der Waals surface area contributed by atoms with Crippen molar-refractivity contribution in [3.05, 3.63) is 68.7 Å². The third-order valence-corrected chi connectivity index (χ3v) is 4.91. The molecule has 1 aromatic heterocycles. The molecule has 0 radical (unpaired) electrons. The van der Waals surface area contributed by atoms with Gasteiger partial charge in [0.1, 0.15) is 5.82 Å². The summed E-state index contributed by atoms with van der Waals surface area (Å²) in [6.07, 6.45) is 0. The highest BCUT2D eigenvalue weighted by atomic mass is 79.9. The Hall–Kier alpha value is -1.72. The molecule has 0 atom stereocenters. The van der Waals surface area contributed by atoms with Crippen LogP contribution in [0, 0.1) is 6.92 Å². The fourth-order valence-electron chi connectivity index (χ4n) is 2.27. The van der Waals surface area contributed by atoms with Gasteiger partial charge in [0.05, 0.1) is 5.69 Å². The maximum Gasteiger partial charge on any atom is 0.257 e. The van der Waals surface area contributed by atoms with E-state index in [1.165, 1.54) is 0 Å². The SMILES string of the molecule is Cc1nc(NC(=O)c2cccc3c(Br)cccc23)ccc1Br. The van der Waals surface area contributed by atoms with Crippen LogP contribution in [0.25, 0.3) is 10.8 Å². The van der Waals surface area contributed by atoms with Gasteiger partial charge in [-0.25, -0.2) is 4.98 Å². The molecule has 0 fully saturated rings. The van der Waals surface area contributed by atoms with Crippen molar-refractivity contribution in [2.24, 2.45) is 0 Å². The molecule has 1 heterocycles. The number of hydrogen-bond donors (Lipinski definition) is 1. The fourth-order valence-corrected chi connectivity index (χ4v) is 2.99. The van der Waals surface area contributed by atoms with E-state index in [1.807, 2.05) is 49.4 Å². The Morgan fingerprint density at radius 1 is 0.955 bits per heavy atom. The summed E-state index contributed by atoms with van der Waals surface area (Å²) in [4.78, 5) is 16.9. The lowest BCUT2D eigenvalue weighted by molar-refractivity contribution is 0.102. The Balaban J connectivity index is 1.99. The quantitative estimate of drug-likeness (QED) is 0.610. The minimum atomic E-state index is -0.169. The number of hydrogen-bond acceptors (Lipinski definition) is 2. The number of nitrogens with one attached hydrogen (secondary N) is 1. The number of benzene rings is 2. The largest absolute Gasteiger partial charge is 0.307 e. The van der Waals surface area contributed by atoms with Gasteiger partial charge in [0.15, 0.2) is 0 Å². The summed E-state index contributed by atoms with van der Waals surface area (Å²) in [7, 11) is 0. The molecule has 0 bridgehead atoms. The Morgan fingerprint density at radius 3 is 2.45 bits per heavy atom. The monoisotopic (exact) mass is 418 g/mol. The number of halogens is 2. The van der Waals surface area contributed by atoms with E-state index in [0.717, 1.165) is 25.4 Å². The molecule has 3 aromatic rings. The average Bonchev–Trinajstić information content (AvgIpc) is 2.51. The van der Waals surface area contributed by atoms with E-state index in [0.29, 0.717) is 11.4 Å². The van der Waals surface area contributed by atoms with Gasteiger partial charge in [-0.15, -0.1) is 0 Å². The van der Waals surface area contributed by atoms with Crippen molar-refractivity contribution < 1.29 is 4.79 Å². The van der Waals surface area contributed by atoms with Crippen LogP contribution in [0.2, 0.25) is 0 Å². The van der Waals surface area contributed by atoms with Gasteiger partial charge in [-0.2, -0.15) is 0 Å². The summed E-state index contributed by atoms with van der Waals surface area (Å²) in [5.74, 6) is 0.371. The van der Waals surface area contributed by atoms with Gasteiger partial charge in [0.2, 0.25) is 0 Å². The normalized spacial score (nSPS) is 10.7. The molecular weight excluding hydrogens is 408 g/mol. The molecule has 0 unspecified atom stereocenters. The Labute approximate surface area is 145 Å². The first-order valence-electron chi connectivity index (χ1n) is 6.68. The maximum atomic E-state index is 12.6. The highest BCUT2D eigenvalue weighted by Crippen LogP contribution is 2.27. The topological polar surface area (TPSA) is 42.0 Å². The van der Waals surface area contributed by atoms with E-state index in [1.54, 1.807) is 6.07 Å². The molecule has 0 aliphatic rings. The molecule has 1 amide bonds. The lowest BCUT2D eigenvalue weighted by Crippen LogP contribution is -2.13. The van der Waals surface area contributed by atoms with E-state index in [9.17, 15) is 4.79 Å². The first-order chi connectivity index (χ1) is 10.6. The predicted molar refractivity (Wildman–Crippen MR) is 96.3 cm³/mol. The van der Waals surface area contributed by atoms with Crippen molar-refractivity contribution in [3.8, 4) is 0 Å². The van der Waals surface area contributed by atoms with Crippen LogP contribution in [-0.2, 0) is 0 Å². The molecule has 0 spiro atoms. The van der Waals surface area contributed by atoms with Crippen LogP contribution in [-0.4, -0.2) is 10.9 Å². The summed E-state index contributed by atoms with van der Waals surface area (Å²) in [6.45, 7) is 1.88. The number of nitrogens with zero attached hydrogens (tertiary/aromatic N) is 1. The van der Waals surface area contributed by atoms with Crippen LogP contribution in [0.5, 0.6) is 0 Å². The number of carbonyl (C=O) groups excluding carboxylic acids is 1. The lowest BCUT2D eigenvalue weighted by Gasteiger charge is -2.09. The Morgan fingerprint density at radius 2 is 1.68 bits per heavy atom. The molecule has 0 saturated heterocycles. The summed E-state index contributed by atoms with van der Waals surface area (Å²) in [6, 6.07) is 15.1. The molecule has 0 aliphatic heterocycles. The summed E-state index contributed by atoms with van der Waals surface area (Å²) >= 11 is 6.92. The molecular formula is C17H12Br2N2O. The molecule has 5 heteroatoms. The maximum absolute atomic E-state index is 12.6. The highest BCUT2D eigenvalue weighted by Gasteiger charge is 2.12. The number of aromatic nitrogens is 1. The third-order valence-electron chi connectivity index (χ3n) is 3.38. The van der Waals surface area contributed by atoms with Gasteiger partial charge in [-0.3, -0.25) is 4.79 Å². The lowest BCUT2D eigenvalue weighted by atomic mass is 10.0. The molecule has 110 valence electrons. The molecule has 3 nitrogen and oxygen atoms in total. The van der Waals surface area contributed by atoms with Crippen LogP contribution in [0.4, 0.5) is 5.82 Å². The Bertz CT molecular complexity index is 878. The Kier molecular flexibility index (Phi) is 4.27. The van der Waals surface area contributed by atoms with E-state index >= 15 is 0 Å². The van der Waals surface area contributed by atoms with Gasteiger partial charge in [-0.05, 0) is 57.9 Å². The van der Waals surface area contributed by atoms with Gasteiger partial charge in [-0.1, -0.05) is 40.2 Å². The zero-order chi connectivity index (χ0) is 15.7. The van der Waals surface area contributed by atoms with E-state index in [-0.39, 0.29) is 5.91 Å². The minimum absolute atomic E-state index is 0.169. The van der Waals surface area contributed by atoms with Crippen LogP contribution in [0.1, 0.15) is 16.1 Å². The number of rotatable bonds is 2. The molecule has 0 saturated carbocycles. The zero-order valence-electron chi connectivity index (χ0n) is 11.7. The minimum Gasteiger partial charge on any atom is -0.307 e. The molecule has 3 rings (SSSR count). The van der Waals surface area contributed by atoms with Gasteiger partial charge < -0.3 is 5.32 Å². The van der Waals surface area contributed by atoms with Gasteiger partial charge in [0, 0.05) is 14.5 Å². The van der Waals surface area contributed by atoms with Crippen molar-refractivity contribution in [1.82, 2.24) is 4.98 Å². The van der Waals surface area contributed by atoms with Crippen molar-refractivity contribution >= 4 is 54.4 Å². The number of amides is 1. The number of carbonyl (C=O) groups is 1. The number of fused-ring (bicyclic) bond motifs is 1. The standard InChI is InChI=1S/C17H12Br2N2O/c1-10-14(18)8-9-16(20-10)21-17(22)13-6-2-5-12-11(13)4-3-7-15(12)19/h2-9H,1H3,(H,20,21,22). The van der Waals surface area contributed by atoms with E-state index < -0.39 is 0 Å². The van der Waals surface area contributed by atoms with E-state index in [4.69, 9.17) is 0 Å². The second-order valence-corrected chi connectivity index (χ2v) is 6.57. The molecule has 0 aliphatic carbocycles. The van der Waals surface area contributed by atoms with Crippen molar-refractivity contribution in [1.29, 1.82) is 0 Å². The second-order valence-electron chi connectivity index (χ2n) is 4.86. The van der Waals surface area contributed by atoms with Crippen molar-refractivity contribution in [2.75, 3.05) is 5.32 Å². The summed E-state index contributed by atoms with van der Waals surface area (Å²) in [5.41, 5.74) is 1.46. The smallest absolute Gasteiger partial charge is 0.257 e. The second kappa shape index (κ2) is 6.18. The average molecular weight is 420 g/mol. The van der Waals surface area contributed by atoms with Crippen LogP contribution in [0.3, 0.4) is 0 Å². The highest BCUT2D eigenvalue weighted by molar-refractivity contribution is 9.11. The van der Waals surface area contributed by atoms with Crippen LogP contribution in [0.15, 0.2) is 57.5 Å². The van der Waals surface area contributed by atoms with E-state index in [2.05, 4.69) is 42.2 Å². The van der Waals surface area contributed by atoms with Crippen LogP contribution < -0.4 is 5.32 Å².